The topological polar surface area (TPSA) is 43.4 Å². The molecule has 0 aromatic carbocycles. The minimum absolute atomic E-state index is 0.0718. The molecule has 0 N–H and O–H groups in total. The van der Waals surface area contributed by atoms with Crippen molar-refractivity contribution in [3.05, 3.63) is 0 Å². The zero-order chi connectivity index (χ0) is 6.43. The van der Waals surface area contributed by atoms with E-state index in [2.05, 4.69) is 4.74 Å². The summed E-state index contributed by atoms with van der Waals surface area (Å²) in [6.45, 7) is 0. The zero-order valence-corrected chi connectivity index (χ0v) is 4.79. The molecule has 0 aromatic rings. The highest BCUT2D eigenvalue weighted by Crippen LogP contribution is 2.40. The average Bonchev–Trinajstić information content (AvgIpc) is 1.73. The molecular weight excluding hydrogens is 120 g/mol. The van der Waals surface area contributed by atoms with Crippen LogP contribution in [0, 0.1) is 11.8 Å². The fraction of sp³-hybridized carbons (Fsp3) is 0.667. The molecule has 0 radical (unpaired) electrons. The van der Waals surface area contributed by atoms with Gasteiger partial charge in [-0.15, -0.1) is 0 Å². The zero-order valence-electron chi connectivity index (χ0n) is 4.79. The Bertz CT molecular complexity index is 165. The first-order chi connectivity index (χ1) is 4.29. The first-order valence-corrected chi connectivity index (χ1v) is 3.04. The number of carbonyl (C=O) groups excluding carboxylic acids is 2. The van der Waals surface area contributed by atoms with Crippen LogP contribution in [-0.2, 0) is 14.3 Å². The molecular formula is C6H6O3. The molecule has 0 amide bonds. The van der Waals surface area contributed by atoms with Crippen LogP contribution in [0.25, 0.3) is 0 Å². The third kappa shape index (κ3) is 0.465. The lowest BCUT2D eigenvalue weighted by Crippen LogP contribution is -2.27. The van der Waals surface area contributed by atoms with Crippen LogP contribution < -0.4 is 0 Å². The second kappa shape index (κ2) is 1.35. The van der Waals surface area contributed by atoms with Crippen molar-refractivity contribution in [1.29, 1.82) is 0 Å². The maximum atomic E-state index is 10.6. The van der Waals surface area contributed by atoms with E-state index in [1.807, 2.05) is 0 Å². The van der Waals surface area contributed by atoms with Gasteiger partial charge in [-0.1, -0.05) is 0 Å². The van der Waals surface area contributed by atoms with Gasteiger partial charge >= 0.3 is 11.9 Å². The van der Waals surface area contributed by atoms with Crippen LogP contribution in [0.3, 0.4) is 0 Å². The van der Waals surface area contributed by atoms with Crippen molar-refractivity contribution in [2.45, 2.75) is 12.8 Å². The van der Waals surface area contributed by atoms with Crippen LogP contribution in [-0.4, -0.2) is 11.9 Å². The van der Waals surface area contributed by atoms with E-state index < -0.39 is 0 Å². The largest absolute Gasteiger partial charge is 0.393 e. The first kappa shape index (κ1) is 4.97. The van der Waals surface area contributed by atoms with E-state index >= 15 is 0 Å². The van der Waals surface area contributed by atoms with Gasteiger partial charge in [-0.25, -0.2) is 0 Å². The Morgan fingerprint density at radius 3 is 1.78 bits per heavy atom. The highest BCUT2D eigenvalue weighted by molar-refractivity contribution is 5.97. The summed E-state index contributed by atoms with van der Waals surface area (Å²) in [5.41, 5.74) is 0. The third-order valence-corrected chi connectivity index (χ3v) is 2.08. The fourth-order valence-electron chi connectivity index (χ4n) is 1.31. The molecule has 1 saturated carbocycles. The summed E-state index contributed by atoms with van der Waals surface area (Å²) < 4.78 is 4.37. The van der Waals surface area contributed by atoms with Gasteiger partial charge in [0, 0.05) is 0 Å². The Kier molecular flexibility index (Phi) is 0.743. The van der Waals surface area contributed by atoms with Crippen molar-refractivity contribution < 1.29 is 14.3 Å². The lowest BCUT2D eigenvalue weighted by Gasteiger charge is -2.22. The molecule has 2 aliphatic rings. The second-order valence-corrected chi connectivity index (χ2v) is 2.53. The highest BCUT2D eigenvalue weighted by Gasteiger charge is 2.50. The average molecular weight is 126 g/mol. The van der Waals surface area contributed by atoms with Crippen LogP contribution in [0.2, 0.25) is 0 Å². The molecule has 1 heterocycles. The van der Waals surface area contributed by atoms with Crippen molar-refractivity contribution in [2.75, 3.05) is 0 Å². The summed E-state index contributed by atoms with van der Waals surface area (Å²) in [5, 5.41) is 0. The van der Waals surface area contributed by atoms with Gasteiger partial charge in [0.25, 0.3) is 0 Å². The molecule has 1 saturated heterocycles. The quantitative estimate of drug-likeness (QED) is 0.341. The van der Waals surface area contributed by atoms with E-state index in [1.54, 1.807) is 0 Å². The summed E-state index contributed by atoms with van der Waals surface area (Å²) in [6, 6.07) is 0. The third-order valence-electron chi connectivity index (χ3n) is 2.08. The van der Waals surface area contributed by atoms with Gasteiger partial charge in [0.1, 0.15) is 0 Å². The molecule has 0 aromatic heterocycles. The molecule has 2 atom stereocenters. The SMILES string of the molecule is O=C1OC(=O)[C@H]2CCC12. The molecule has 1 aliphatic heterocycles. The van der Waals surface area contributed by atoms with E-state index in [1.165, 1.54) is 0 Å². The second-order valence-electron chi connectivity index (χ2n) is 2.53. The van der Waals surface area contributed by atoms with Crippen molar-refractivity contribution in [1.82, 2.24) is 0 Å². The number of fused-ring (bicyclic) bond motifs is 1. The number of ether oxygens (including phenoxy) is 1. The molecule has 2 fully saturated rings. The van der Waals surface area contributed by atoms with Gasteiger partial charge in [0.15, 0.2) is 0 Å². The molecule has 48 valence electrons. The fourth-order valence-corrected chi connectivity index (χ4v) is 1.31. The number of carbonyl (C=O) groups is 2. The minimum Gasteiger partial charge on any atom is -0.393 e. The molecule has 1 aliphatic carbocycles. The molecule has 9 heavy (non-hydrogen) atoms. The predicted molar refractivity (Wildman–Crippen MR) is 27.3 cm³/mol. The van der Waals surface area contributed by atoms with Gasteiger partial charge < -0.3 is 4.74 Å². The van der Waals surface area contributed by atoms with E-state index in [4.69, 9.17) is 0 Å². The number of rotatable bonds is 0. The van der Waals surface area contributed by atoms with Crippen molar-refractivity contribution in [3.8, 4) is 0 Å². The number of hydrogen-bond donors (Lipinski definition) is 0. The molecule has 2 rings (SSSR count). The maximum Gasteiger partial charge on any atom is 0.317 e. The number of cyclic esters (lactones) is 2. The Balaban J connectivity index is 2.26. The number of esters is 2. The highest BCUT2D eigenvalue weighted by atomic mass is 16.6. The van der Waals surface area contributed by atoms with Crippen molar-refractivity contribution >= 4 is 11.9 Å². The summed E-state index contributed by atoms with van der Waals surface area (Å²) in [5.74, 6) is -0.762. The van der Waals surface area contributed by atoms with Gasteiger partial charge in [-0.3, -0.25) is 9.59 Å². The Hall–Kier alpha value is -0.860. The van der Waals surface area contributed by atoms with E-state index in [-0.39, 0.29) is 23.8 Å². The van der Waals surface area contributed by atoms with Crippen LogP contribution in [0.5, 0.6) is 0 Å². The van der Waals surface area contributed by atoms with Crippen LogP contribution in [0.15, 0.2) is 0 Å². The van der Waals surface area contributed by atoms with Crippen LogP contribution >= 0.6 is 0 Å². The molecule has 3 heteroatoms. The van der Waals surface area contributed by atoms with Crippen LogP contribution in [0.4, 0.5) is 0 Å². The Morgan fingerprint density at radius 1 is 1.11 bits per heavy atom. The van der Waals surface area contributed by atoms with E-state index in [0.717, 1.165) is 12.8 Å². The predicted octanol–water partition coefficient (Wildman–Crippen LogP) is 0.0960. The lowest BCUT2D eigenvalue weighted by atomic mass is 9.76. The van der Waals surface area contributed by atoms with Crippen molar-refractivity contribution in [2.24, 2.45) is 11.8 Å². The summed E-state index contributed by atoms with van der Waals surface area (Å²) in [4.78, 5) is 21.2. The van der Waals surface area contributed by atoms with Gasteiger partial charge in [-0.05, 0) is 12.8 Å². The Morgan fingerprint density at radius 2 is 1.56 bits per heavy atom. The lowest BCUT2D eigenvalue weighted by molar-refractivity contribution is -0.153. The monoisotopic (exact) mass is 126 g/mol. The summed E-state index contributed by atoms with van der Waals surface area (Å²) in [7, 11) is 0. The summed E-state index contributed by atoms with van der Waals surface area (Å²) >= 11 is 0. The normalized spacial score (nSPS) is 39.6. The maximum absolute atomic E-state index is 10.6. The van der Waals surface area contributed by atoms with Crippen molar-refractivity contribution in [3.63, 3.8) is 0 Å². The smallest absolute Gasteiger partial charge is 0.317 e. The standard InChI is InChI=1S/C6H6O3/c7-5-3-1-2-4(3)6(8)9-5/h3-4H,1-2H2/t3-,4?/m0/s1. The van der Waals surface area contributed by atoms with Gasteiger partial charge in [-0.2, -0.15) is 0 Å². The first-order valence-electron chi connectivity index (χ1n) is 3.04. The van der Waals surface area contributed by atoms with E-state index in [0.29, 0.717) is 0 Å². The molecule has 3 nitrogen and oxygen atoms in total. The molecule has 1 unspecified atom stereocenters. The summed E-state index contributed by atoms with van der Waals surface area (Å²) in [6.07, 6.45) is 1.68. The van der Waals surface area contributed by atoms with Gasteiger partial charge in [0.05, 0.1) is 11.8 Å². The molecule has 0 bridgehead atoms. The minimum atomic E-state index is -0.309. The van der Waals surface area contributed by atoms with Crippen LogP contribution in [0.1, 0.15) is 12.8 Å². The Labute approximate surface area is 52.0 Å². The van der Waals surface area contributed by atoms with Gasteiger partial charge in [0.2, 0.25) is 0 Å². The number of hydrogen-bond acceptors (Lipinski definition) is 3. The molecule has 0 spiro atoms. The van der Waals surface area contributed by atoms with E-state index in [9.17, 15) is 9.59 Å².